The Balaban J connectivity index is 0.00000108. The molecular formula is C32H40Cl2Zr. The van der Waals surface area contributed by atoms with Gasteiger partial charge in [0, 0.05) is 29.6 Å². The second kappa shape index (κ2) is 11.7. The van der Waals surface area contributed by atoms with Crippen LogP contribution in [0.15, 0.2) is 47.6 Å². The summed E-state index contributed by atoms with van der Waals surface area (Å²) in [7, 11) is 9.87. The second-order valence-corrected chi connectivity index (χ2v) is 16.5. The van der Waals surface area contributed by atoms with E-state index in [9.17, 15) is 0 Å². The van der Waals surface area contributed by atoms with Gasteiger partial charge < -0.3 is 0 Å². The standard InChI is InChI=1S/C32H40.2ClH.Zr/c1-30(2,3)22-18-16-21(20-22)17-19-25-28-23(12-10-14-26(28)31(4,5)6)24-13-11-15-27(29(24)25)32(7,8)9;;;/h10-16,18,20H,17,19H2,1-9H3;2*1H;/q;;;+2/p-2. The molecule has 0 nitrogen and oxygen atoms in total. The molecule has 0 saturated heterocycles. The number of hydrogen-bond donors (Lipinski definition) is 0. The molecule has 0 heterocycles. The summed E-state index contributed by atoms with van der Waals surface area (Å²) in [4.78, 5) is 0. The molecule has 0 amide bonds. The Kier molecular flexibility index (Phi) is 9.99. The molecule has 35 heavy (non-hydrogen) atoms. The summed E-state index contributed by atoms with van der Waals surface area (Å²) in [5.74, 6) is 10.3. The third-order valence-corrected chi connectivity index (χ3v) is 6.99. The first-order chi connectivity index (χ1) is 16.2. The van der Waals surface area contributed by atoms with Gasteiger partial charge in [-0.3, -0.25) is 0 Å². The first-order valence-corrected chi connectivity index (χ1v) is 18.9. The van der Waals surface area contributed by atoms with Gasteiger partial charge in [0.15, 0.2) is 0 Å². The van der Waals surface area contributed by atoms with Gasteiger partial charge in [0.1, 0.15) is 0 Å². The molecule has 0 aromatic rings. The van der Waals surface area contributed by atoms with E-state index in [1.54, 1.807) is 5.92 Å². The van der Waals surface area contributed by atoms with Crippen LogP contribution in [0.2, 0.25) is 0 Å². The van der Waals surface area contributed by atoms with Gasteiger partial charge in [-0.25, -0.2) is 0 Å². The molecule has 4 aliphatic rings. The molecule has 2 fully saturated rings. The fourth-order valence-electron chi connectivity index (χ4n) is 5.21. The summed E-state index contributed by atoms with van der Waals surface area (Å²) >= 11 is -0.826. The van der Waals surface area contributed by atoms with Crippen LogP contribution in [0.3, 0.4) is 0 Å². The van der Waals surface area contributed by atoms with Crippen LogP contribution < -0.4 is 0 Å². The van der Waals surface area contributed by atoms with Gasteiger partial charge in [-0.15, -0.1) is 0 Å². The van der Waals surface area contributed by atoms with E-state index in [1.165, 1.54) is 46.7 Å². The van der Waals surface area contributed by atoms with Gasteiger partial charge in [-0.1, -0.05) is 110 Å². The Morgan fingerprint density at radius 2 is 1.11 bits per heavy atom. The van der Waals surface area contributed by atoms with Crippen molar-refractivity contribution in [2.45, 2.75) is 75.2 Å². The van der Waals surface area contributed by atoms with Crippen molar-refractivity contribution in [3.8, 4) is 0 Å². The van der Waals surface area contributed by atoms with E-state index in [0.29, 0.717) is 0 Å². The first-order valence-electron chi connectivity index (χ1n) is 12.6. The van der Waals surface area contributed by atoms with Gasteiger partial charge in [-0.2, -0.15) is 0 Å². The molecule has 0 aromatic heterocycles. The summed E-state index contributed by atoms with van der Waals surface area (Å²) in [6.45, 7) is 21.0. The van der Waals surface area contributed by atoms with E-state index in [2.05, 4.69) is 118 Å². The van der Waals surface area contributed by atoms with Crippen LogP contribution in [0, 0.1) is 76.9 Å². The van der Waals surface area contributed by atoms with Crippen molar-refractivity contribution in [2.24, 2.45) is 16.2 Å². The molecule has 0 unspecified atom stereocenters. The number of allylic oxidation sites excluding steroid dienone is 8. The summed E-state index contributed by atoms with van der Waals surface area (Å²) in [5.41, 5.74) is 3.37. The summed E-state index contributed by atoms with van der Waals surface area (Å²) in [6.07, 6.45) is 23.1. The second-order valence-electron chi connectivity index (χ2n) is 12.8. The molecule has 2 saturated carbocycles. The van der Waals surface area contributed by atoms with Gasteiger partial charge in [0.05, 0.1) is 0 Å². The molecule has 4 rings (SSSR count). The first kappa shape index (κ1) is 30.0. The van der Waals surface area contributed by atoms with Crippen LogP contribution in [0.25, 0.3) is 0 Å². The Bertz CT molecular complexity index is 790. The monoisotopic (exact) mass is 584 g/mol. The van der Waals surface area contributed by atoms with E-state index in [1.807, 2.05) is 0 Å². The van der Waals surface area contributed by atoms with E-state index in [-0.39, 0.29) is 16.2 Å². The Hall–Kier alpha value is 0.423. The van der Waals surface area contributed by atoms with Crippen LogP contribution in [-0.4, -0.2) is 0 Å². The fraction of sp³-hybridized carbons (Fsp3) is 0.438. The van der Waals surface area contributed by atoms with Gasteiger partial charge >= 0.3 is 37.9 Å². The average Bonchev–Trinajstić information content (AvgIpc) is 3.34. The quantitative estimate of drug-likeness (QED) is 0.309. The minimum atomic E-state index is -0.826. The third kappa shape index (κ3) is 6.90. The van der Waals surface area contributed by atoms with E-state index in [0.717, 1.165) is 12.8 Å². The molecule has 10 radical (unpaired) electrons. The molecule has 0 aliphatic heterocycles. The normalized spacial score (nSPS) is 23.6. The third-order valence-electron chi connectivity index (χ3n) is 6.99. The zero-order valence-corrected chi connectivity index (χ0v) is 26.8. The molecule has 0 N–H and O–H groups in total. The summed E-state index contributed by atoms with van der Waals surface area (Å²) in [6, 6.07) is 0. The van der Waals surface area contributed by atoms with Gasteiger partial charge in [-0.05, 0) is 60.2 Å². The minimum absolute atomic E-state index is 0.111. The number of fused-ring (bicyclic) bond motifs is 3. The summed E-state index contributed by atoms with van der Waals surface area (Å²) < 4.78 is 0. The van der Waals surface area contributed by atoms with E-state index >= 15 is 0 Å². The predicted molar refractivity (Wildman–Crippen MR) is 149 cm³/mol. The van der Waals surface area contributed by atoms with Crippen LogP contribution in [0.4, 0.5) is 0 Å². The molecule has 0 spiro atoms. The van der Waals surface area contributed by atoms with Crippen LogP contribution >= 0.6 is 17.0 Å². The molecule has 0 atom stereocenters. The van der Waals surface area contributed by atoms with Crippen molar-refractivity contribution in [2.75, 3.05) is 0 Å². The molecule has 4 aliphatic carbocycles. The number of halogens is 2. The van der Waals surface area contributed by atoms with E-state index < -0.39 is 20.8 Å². The van der Waals surface area contributed by atoms with Crippen molar-refractivity contribution in [3.05, 3.63) is 108 Å². The SMILES string of the molecule is CC(C)(C)[C]1[CH][CH][C](CC[C]2[C]3[C](C=CC=C3C(C)(C)C)[C]3C=CC=C(C(C)(C)C)[C]32)[CH]1.[Cl][Zr][Cl]. The fourth-order valence-corrected chi connectivity index (χ4v) is 5.21. The van der Waals surface area contributed by atoms with Crippen molar-refractivity contribution in [1.82, 2.24) is 0 Å². The zero-order valence-electron chi connectivity index (χ0n) is 22.9. The molecule has 0 aromatic carbocycles. The van der Waals surface area contributed by atoms with Crippen LogP contribution in [0.5, 0.6) is 0 Å². The van der Waals surface area contributed by atoms with Crippen LogP contribution in [0.1, 0.15) is 75.2 Å². The molecular weight excluding hydrogens is 546 g/mol. The zero-order chi connectivity index (χ0) is 26.2. The topological polar surface area (TPSA) is 0 Å². The number of rotatable bonds is 3. The predicted octanol–water partition coefficient (Wildman–Crippen LogP) is 9.94. The molecule has 0 bridgehead atoms. The van der Waals surface area contributed by atoms with E-state index in [4.69, 9.17) is 17.0 Å². The Labute approximate surface area is 236 Å². The van der Waals surface area contributed by atoms with Gasteiger partial charge in [0.2, 0.25) is 0 Å². The Morgan fingerprint density at radius 1 is 0.657 bits per heavy atom. The van der Waals surface area contributed by atoms with Crippen molar-refractivity contribution in [3.63, 3.8) is 0 Å². The summed E-state index contributed by atoms with van der Waals surface area (Å²) in [5, 5.41) is 0. The average molecular weight is 587 g/mol. The molecule has 186 valence electrons. The van der Waals surface area contributed by atoms with Crippen molar-refractivity contribution >= 4 is 17.0 Å². The van der Waals surface area contributed by atoms with Crippen molar-refractivity contribution < 1.29 is 20.8 Å². The van der Waals surface area contributed by atoms with Crippen molar-refractivity contribution in [1.29, 1.82) is 0 Å². The maximum atomic E-state index is 4.93. The Morgan fingerprint density at radius 3 is 1.49 bits per heavy atom. The number of hydrogen-bond acceptors (Lipinski definition) is 0. The molecule has 3 heteroatoms. The van der Waals surface area contributed by atoms with Gasteiger partial charge in [0.25, 0.3) is 0 Å². The van der Waals surface area contributed by atoms with Crippen LogP contribution in [-0.2, 0) is 20.8 Å². The maximum absolute atomic E-state index is 4.93.